The molecule has 0 radical (unpaired) electrons. The second kappa shape index (κ2) is 11.8. The van der Waals surface area contributed by atoms with Gasteiger partial charge in [-0.25, -0.2) is 4.79 Å². The molecule has 12 nitrogen and oxygen atoms in total. The predicted octanol–water partition coefficient (Wildman–Crippen LogP) is 1.62. The van der Waals surface area contributed by atoms with Crippen LogP contribution in [0.25, 0.3) is 0 Å². The van der Waals surface area contributed by atoms with Gasteiger partial charge in [-0.1, -0.05) is 19.4 Å². The molecule has 4 N–H and O–H groups in total. The van der Waals surface area contributed by atoms with Gasteiger partial charge in [0.2, 0.25) is 5.91 Å². The van der Waals surface area contributed by atoms with Crippen molar-refractivity contribution in [2.45, 2.75) is 39.7 Å². The first-order chi connectivity index (χ1) is 15.7. The van der Waals surface area contributed by atoms with Gasteiger partial charge in [0.25, 0.3) is 11.2 Å². The summed E-state index contributed by atoms with van der Waals surface area (Å²) in [6, 6.07) is 4.43. The summed E-state index contributed by atoms with van der Waals surface area (Å²) in [7, 11) is 1.51. The van der Waals surface area contributed by atoms with Crippen molar-refractivity contribution < 1.29 is 14.5 Å². The molecule has 2 aromatic rings. The number of nitrogens with zero attached hydrogens (tertiary/aromatic N) is 3. The van der Waals surface area contributed by atoms with E-state index in [1.54, 1.807) is 17.9 Å². The van der Waals surface area contributed by atoms with Crippen molar-refractivity contribution in [3.63, 3.8) is 0 Å². The van der Waals surface area contributed by atoms with Gasteiger partial charge < -0.3 is 20.7 Å². The molecule has 1 amide bonds. The molecular weight excluding hydrogens is 432 g/mol. The highest BCUT2D eigenvalue weighted by Crippen LogP contribution is 2.25. The number of carbonyl (C=O) groups is 1. The third-order valence-electron chi connectivity index (χ3n) is 5.22. The largest absolute Gasteiger partial charge is 0.383 e. The number of carbonyl (C=O) groups excluding carboxylic acids is 1. The Bertz CT molecular complexity index is 1110. The zero-order valence-electron chi connectivity index (χ0n) is 19.1. The molecular formula is C21H30N6O6. The highest BCUT2D eigenvalue weighted by atomic mass is 16.6. The summed E-state index contributed by atoms with van der Waals surface area (Å²) in [5, 5.41) is 13.8. The van der Waals surface area contributed by atoms with E-state index in [4.69, 9.17) is 10.5 Å². The Morgan fingerprint density at radius 3 is 2.70 bits per heavy atom. The third kappa shape index (κ3) is 6.42. The molecule has 0 spiro atoms. The summed E-state index contributed by atoms with van der Waals surface area (Å²) in [4.78, 5) is 51.9. The highest BCUT2D eigenvalue weighted by molar-refractivity contribution is 5.92. The summed E-state index contributed by atoms with van der Waals surface area (Å²) in [6.45, 7) is 4.52. The van der Waals surface area contributed by atoms with Gasteiger partial charge in [0.15, 0.2) is 0 Å². The average molecular weight is 463 g/mol. The maximum atomic E-state index is 12.6. The predicted molar refractivity (Wildman–Crippen MR) is 126 cm³/mol. The monoisotopic (exact) mass is 462 g/mol. The van der Waals surface area contributed by atoms with Crippen molar-refractivity contribution in [3.05, 3.63) is 54.7 Å². The van der Waals surface area contributed by atoms with Gasteiger partial charge in [-0.2, -0.15) is 0 Å². The van der Waals surface area contributed by atoms with Crippen LogP contribution in [0.1, 0.15) is 31.7 Å². The molecule has 33 heavy (non-hydrogen) atoms. The maximum Gasteiger partial charge on any atom is 0.330 e. The maximum absolute atomic E-state index is 12.6. The van der Waals surface area contributed by atoms with Crippen LogP contribution in [0, 0.1) is 17.0 Å². The summed E-state index contributed by atoms with van der Waals surface area (Å²) in [6.07, 6.45) is 1.52. The van der Waals surface area contributed by atoms with E-state index in [1.807, 2.05) is 6.92 Å². The number of anilines is 3. The summed E-state index contributed by atoms with van der Waals surface area (Å²) >= 11 is 0. The van der Waals surface area contributed by atoms with E-state index in [9.17, 15) is 24.5 Å². The summed E-state index contributed by atoms with van der Waals surface area (Å²) in [5.74, 6) is -0.362. The number of H-pyrrole nitrogens is 1. The fraction of sp³-hybridized carbons (Fsp3) is 0.476. The van der Waals surface area contributed by atoms with Crippen LogP contribution in [0.5, 0.6) is 0 Å². The number of aromatic nitrogens is 2. The lowest BCUT2D eigenvalue weighted by atomic mass is 10.1. The van der Waals surface area contributed by atoms with Crippen molar-refractivity contribution >= 4 is 28.8 Å². The van der Waals surface area contributed by atoms with Crippen molar-refractivity contribution in [2.24, 2.45) is 0 Å². The number of amides is 1. The SMILES string of the molecule is CCCCn1c(N)c(N(CCOC)CCC(=O)Nc2cccc([N+](=O)[O-])c2C)c(=O)[nH]c1=O. The first-order valence-corrected chi connectivity index (χ1v) is 10.6. The van der Waals surface area contributed by atoms with E-state index in [2.05, 4.69) is 10.3 Å². The molecule has 0 fully saturated rings. The fourth-order valence-corrected chi connectivity index (χ4v) is 3.36. The van der Waals surface area contributed by atoms with E-state index >= 15 is 0 Å². The van der Waals surface area contributed by atoms with Gasteiger partial charge in [0, 0.05) is 39.2 Å². The Morgan fingerprint density at radius 2 is 2.06 bits per heavy atom. The number of ether oxygens (including phenoxy) is 1. The Morgan fingerprint density at radius 1 is 1.33 bits per heavy atom. The molecule has 1 aromatic heterocycles. The zero-order valence-corrected chi connectivity index (χ0v) is 19.1. The number of hydrogen-bond donors (Lipinski definition) is 3. The van der Waals surface area contributed by atoms with Crippen LogP contribution in [0.2, 0.25) is 0 Å². The number of methoxy groups -OCH3 is 1. The molecule has 0 atom stereocenters. The van der Waals surface area contributed by atoms with Crippen molar-refractivity contribution in [2.75, 3.05) is 42.8 Å². The van der Waals surface area contributed by atoms with E-state index < -0.39 is 22.1 Å². The first-order valence-electron chi connectivity index (χ1n) is 10.6. The molecule has 0 aliphatic carbocycles. The number of benzene rings is 1. The lowest BCUT2D eigenvalue weighted by Crippen LogP contribution is -2.40. The minimum absolute atomic E-state index is 0.0290. The number of nitro groups is 1. The number of nitrogens with one attached hydrogen (secondary N) is 2. The van der Waals surface area contributed by atoms with Gasteiger partial charge in [0.05, 0.1) is 22.8 Å². The molecule has 1 heterocycles. The van der Waals surface area contributed by atoms with Gasteiger partial charge in [-0.3, -0.25) is 29.3 Å². The Labute approximate surface area is 190 Å². The molecule has 1 aromatic carbocycles. The molecule has 0 aliphatic heterocycles. The zero-order chi connectivity index (χ0) is 24.5. The van der Waals surface area contributed by atoms with Gasteiger partial charge in [0.1, 0.15) is 11.5 Å². The van der Waals surface area contributed by atoms with Gasteiger partial charge in [-0.05, 0) is 19.4 Å². The van der Waals surface area contributed by atoms with Crippen LogP contribution in [0.3, 0.4) is 0 Å². The number of unbranched alkanes of at least 4 members (excludes halogenated alkanes) is 1. The van der Waals surface area contributed by atoms with Crippen LogP contribution in [0.15, 0.2) is 27.8 Å². The number of nitro benzene ring substituents is 1. The molecule has 0 saturated carbocycles. The van der Waals surface area contributed by atoms with Crippen LogP contribution in [0.4, 0.5) is 22.9 Å². The molecule has 0 aliphatic rings. The van der Waals surface area contributed by atoms with E-state index in [0.29, 0.717) is 24.2 Å². The van der Waals surface area contributed by atoms with Crippen LogP contribution in [-0.2, 0) is 16.1 Å². The van der Waals surface area contributed by atoms with Crippen molar-refractivity contribution in [1.29, 1.82) is 0 Å². The summed E-state index contributed by atoms with van der Waals surface area (Å²) in [5.41, 5.74) is 5.65. The van der Waals surface area contributed by atoms with Crippen molar-refractivity contribution in [3.8, 4) is 0 Å². The minimum Gasteiger partial charge on any atom is -0.383 e. The highest BCUT2D eigenvalue weighted by Gasteiger charge is 2.20. The fourth-order valence-electron chi connectivity index (χ4n) is 3.36. The first kappa shape index (κ1) is 25.6. The number of aromatic amines is 1. The van der Waals surface area contributed by atoms with E-state index in [0.717, 1.165) is 6.42 Å². The van der Waals surface area contributed by atoms with Crippen LogP contribution >= 0.6 is 0 Å². The third-order valence-corrected chi connectivity index (χ3v) is 5.22. The molecule has 0 bridgehead atoms. The normalized spacial score (nSPS) is 10.8. The molecule has 0 unspecified atom stereocenters. The molecule has 180 valence electrons. The van der Waals surface area contributed by atoms with Crippen LogP contribution < -0.4 is 27.2 Å². The number of nitrogens with two attached hydrogens (primary N) is 1. The topological polar surface area (TPSA) is 166 Å². The smallest absolute Gasteiger partial charge is 0.330 e. The van der Waals surface area contributed by atoms with E-state index in [1.165, 1.54) is 23.8 Å². The number of rotatable bonds is 12. The lowest BCUT2D eigenvalue weighted by Gasteiger charge is -2.26. The Kier molecular flexibility index (Phi) is 9.16. The quantitative estimate of drug-likeness (QED) is 0.316. The minimum atomic E-state index is -0.642. The van der Waals surface area contributed by atoms with Crippen molar-refractivity contribution in [1.82, 2.24) is 9.55 Å². The molecule has 12 heteroatoms. The second-order valence-electron chi connectivity index (χ2n) is 7.48. The number of hydrogen-bond acceptors (Lipinski definition) is 8. The summed E-state index contributed by atoms with van der Waals surface area (Å²) < 4.78 is 6.43. The van der Waals surface area contributed by atoms with Gasteiger partial charge >= 0.3 is 5.69 Å². The molecule has 0 saturated heterocycles. The molecule has 2 rings (SSSR count). The van der Waals surface area contributed by atoms with E-state index in [-0.39, 0.29) is 43.3 Å². The lowest BCUT2D eigenvalue weighted by molar-refractivity contribution is -0.385. The Balaban J connectivity index is 2.25. The number of nitrogen functional groups attached to an aromatic ring is 1. The Hall–Kier alpha value is -3.67. The van der Waals surface area contributed by atoms with Crippen LogP contribution in [-0.4, -0.2) is 47.2 Å². The standard InChI is InChI=1S/C21H30N6O6/c1-4-5-10-26-19(22)18(20(29)24-21(26)30)25(12-13-33-3)11-9-17(28)23-15-7-6-8-16(14(15)2)27(31)32/h6-8H,4-5,9-13,22H2,1-3H3,(H,23,28)(H,24,29,30). The average Bonchev–Trinajstić information content (AvgIpc) is 2.76. The van der Waals surface area contributed by atoms with Gasteiger partial charge in [-0.15, -0.1) is 0 Å². The second-order valence-corrected chi connectivity index (χ2v) is 7.48.